The second-order valence-electron chi connectivity index (χ2n) is 4.96. The summed E-state index contributed by atoms with van der Waals surface area (Å²) in [6, 6.07) is 7.56. The second-order valence-corrected chi connectivity index (χ2v) is 4.96. The zero-order valence-electron chi connectivity index (χ0n) is 12.6. The molecule has 1 aromatic carbocycles. The lowest BCUT2D eigenvalue weighted by Gasteiger charge is -2.01. The SMILES string of the molecule is Cc1noc(CNC(=O)c2cc(-c3ccc(F)cc3)nn2C)n1. The van der Waals surface area contributed by atoms with Crippen LogP contribution in [-0.2, 0) is 13.6 Å². The van der Waals surface area contributed by atoms with Gasteiger partial charge in [0, 0.05) is 12.6 Å². The van der Waals surface area contributed by atoms with Crippen LogP contribution in [0.15, 0.2) is 34.9 Å². The third-order valence-corrected chi connectivity index (χ3v) is 3.22. The Morgan fingerprint density at radius 3 is 2.74 bits per heavy atom. The van der Waals surface area contributed by atoms with Crippen molar-refractivity contribution < 1.29 is 13.7 Å². The summed E-state index contributed by atoms with van der Waals surface area (Å²) in [6.45, 7) is 1.83. The van der Waals surface area contributed by atoms with E-state index in [1.165, 1.54) is 16.8 Å². The highest BCUT2D eigenvalue weighted by atomic mass is 19.1. The first-order valence-corrected chi connectivity index (χ1v) is 6.90. The number of rotatable bonds is 4. The molecule has 0 aliphatic rings. The number of carbonyl (C=O) groups is 1. The highest BCUT2D eigenvalue weighted by molar-refractivity contribution is 5.93. The number of halogens is 1. The fourth-order valence-electron chi connectivity index (χ4n) is 2.10. The zero-order chi connectivity index (χ0) is 16.4. The lowest BCUT2D eigenvalue weighted by molar-refractivity contribution is 0.0937. The van der Waals surface area contributed by atoms with Gasteiger partial charge in [-0.3, -0.25) is 9.48 Å². The van der Waals surface area contributed by atoms with Gasteiger partial charge in [-0.1, -0.05) is 5.16 Å². The van der Waals surface area contributed by atoms with Crippen molar-refractivity contribution >= 4 is 5.91 Å². The van der Waals surface area contributed by atoms with Crippen molar-refractivity contribution in [1.29, 1.82) is 0 Å². The molecule has 8 heteroatoms. The molecule has 0 spiro atoms. The topological polar surface area (TPSA) is 85.8 Å². The summed E-state index contributed by atoms with van der Waals surface area (Å²) >= 11 is 0. The first-order valence-electron chi connectivity index (χ1n) is 6.90. The maximum Gasteiger partial charge on any atom is 0.269 e. The van der Waals surface area contributed by atoms with E-state index in [1.54, 1.807) is 32.2 Å². The van der Waals surface area contributed by atoms with Crippen LogP contribution in [0.4, 0.5) is 4.39 Å². The number of hydrogen-bond donors (Lipinski definition) is 1. The van der Waals surface area contributed by atoms with E-state index >= 15 is 0 Å². The molecule has 0 saturated carbocycles. The van der Waals surface area contributed by atoms with Crippen LogP contribution < -0.4 is 5.32 Å². The van der Waals surface area contributed by atoms with Crippen LogP contribution in [0.25, 0.3) is 11.3 Å². The average Bonchev–Trinajstić information content (AvgIpc) is 3.11. The zero-order valence-corrected chi connectivity index (χ0v) is 12.6. The molecule has 0 unspecified atom stereocenters. The van der Waals surface area contributed by atoms with E-state index in [4.69, 9.17) is 4.52 Å². The fourth-order valence-corrected chi connectivity index (χ4v) is 2.10. The first-order chi connectivity index (χ1) is 11.0. The van der Waals surface area contributed by atoms with Gasteiger partial charge in [0.05, 0.1) is 12.2 Å². The quantitative estimate of drug-likeness (QED) is 0.794. The molecule has 2 heterocycles. The highest BCUT2D eigenvalue weighted by Gasteiger charge is 2.15. The molecule has 0 atom stereocenters. The molecule has 0 saturated heterocycles. The smallest absolute Gasteiger partial charge is 0.269 e. The molecule has 1 amide bonds. The second kappa shape index (κ2) is 5.99. The van der Waals surface area contributed by atoms with Gasteiger partial charge in [-0.05, 0) is 37.3 Å². The van der Waals surface area contributed by atoms with E-state index in [-0.39, 0.29) is 18.3 Å². The third kappa shape index (κ3) is 3.25. The van der Waals surface area contributed by atoms with Gasteiger partial charge in [-0.15, -0.1) is 0 Å². The predicted molar refractivity (Wildman–Crippen MR) is 78.8 cm³/mol. The molecule has 0 radical (unpaired) electrons. The average molecular weight is 315 g/mol. The van der Waals surface area contributed by atoms with Crippen LogP contribution >= 0.6 is 0 Å². The molecule has 0 aliphatic carbocycles. The Morgan fingerprint density at radius 2 is 2.09 bits per heavy atom. The molecule has 3 aromatic rings. The van der Waals surface area contributed by atoms with Crippen LogP contribution in [0.3, 0.4) is 0 Å². The van der Waals surface area contributed by atoms with Crippen molar-refractivity contribution in [2.45, 2.75) is 13.5 Å². The number of benzene rings is 1. The van der Waals surface area contributed by atoms with Gasteiger partial charge < -0.3 is 9.84 Å². The van der Waals surface area contributed by atoms with E-state index in [2.05, 4.69) is 20.6 Å². The van der Waals surface area contributed by atoms with E-state index in [9.17, 15) is 9.18 Å². The Kier molecular flexibility index (Phi) is 3.88. The minimum Gasteiger partial charge on any atom is -0.342 e. The number of nitrogens with one attached hydrogen (secondary N) is 1. The molecule has 0 bridgehead atoms. The Labute approximate surface area is 131 Å². The monoisotopic (exact) mass is 315 g/mol. The van der Waals surface area contributed by atoms with E-state index < -0.39 is 0 Å². The van der Waals surface area contributed by atoms with Crippen LogP contribution in [0.5, 0.6) is 0 Å². The predicted octanol–water partition coefficient (Wildman–Crippen LogP) is 1.85. The van der Waals surface area contributed by atoms with Crippen LogP contribution in [0.1, 0.15) is 22.2 Å². The van der Waals surface area contributed by atoms with Crippen molar-refractivity contribution in [1.82, 2.24) is 25.2 Å². The molecule has 1 N–H and O–H groups in total. The lowest BCUT2D eigenvalue weighted by atomic mass is 10.1. The van der Waals surface area contributed by atoms with Crippen molar-refractivity contribution in [2.75, 3.05) is 0 Å². The highest BCUT2D eigenvalue weighted by Crippen LogP contribution is 2.19. The Balaban J connectivity index is 1.74. The number of amides is 1. The standard InChI is InChI=1S/C15H14FN5O2/c1-9-18-14(23-20-9)8-17-15(22)13-7-12(19-21(13)2)10-3-5-11(16)6-4-10/h3-7H,8H2,1-2H3,(H,17,22). The van der Waals surface area contributed by atoms with Gasteiger partial charge >= 0.3 is 0 Å². The summed E-state index contributed by atoms with van der Waals surface area (Å²) in [5.41, 5.74) is 1.69. The summed E-state index contributed by atoms with van der Waals surface area (Å²) in [6.07, 6.45) is 0. The summed E-state index contributed by atoms with van der Waals surface area (Å²) < 4.78 is 19.4. The van der Waals surface area contributed by atoms with E-state index in [1.807, 2.05) is 0 Å². The lowest BCUT2D eigenvalue weighted by Crippen LogP contribution is -2.25. The normalized spacial score (nSPS) is 10.7. The van der Waals surface area contributed by atoms with Gasteiger partial charge in [0.2, 0.25) is 5.89 Å². The Morgan fingerprint density at radius 1 is 1.35 bits per heavy atom. The summed E-state index contributed by atoms with van der Waals surface area (Å²) in [5, 5.41) is 10.6. The van der Waals surface area contributed by atoms with Crippen LogP contribution in [0.2, 0.25) is 0 Å². The molecule has 0 aliphatic heterocycles. The van der Waals surface area contributed by atoms with Gasteiger partial charge in [0.25, 0.3) is 5.91 Å². The summed E-state index contributed by atoms with van der Waals surface area (Å²) in [7, 11) is 1.67. The number of aromatic nitrogens is 4. The maximum absolute atomic E-state index is 13.0. The molecule has 2 aromatic heterocycles. The Bertz CT molecular complexity index is 838. The van der Waals surface area contributed by atoms with E-state index in [0.29, 0.717) is 23.1 Å². The number of nitrogens with zero attached hydrogens (tertiary/aromatic N) is 4. The van der Waals surface area contributed by atoms with Crippen LogP contribution in [0, 0.1) is 12.7 Å². The number of aryl methyl sites for hydroxylation is 2. The summed E-state index contributed by atoms with van der Waals surface area (Å²) in [4.78, 5) is 16.2. The van der Waals surface area contributed by atoms with Crippen molar-refractivity contribution in [2.24, 2.45) is 7.05 Å². The molecular weight excluding hydrogens is 301 g/mol. The largest absolute Gasteiger partial charge is 0.342 e. The molecule has 118 valence electrons. The molecule has 3 rings (SSSR count). The van der Waals surface area contributed by atoms with Gasteiger partial charge in [-0.25, -0.2) is 4.39 Å². The Hall–Kier alpha value is -3.03. The van der Waals surface area contributed by atoms with Crippen LogP contribution in [-0.4, -0.2) is 25.8 Å². The first kappa shape index (κ1) is 14.9. The van der Waals surface area contributed by atoms with Crippen molar-refractivity contribution in [3.63, 3.8) is 0 Å². The molecular formula is C15H14FN5O2. The number of hydrogen-bond acceptors (Lipinski definition) is 5. The van der Waals surface area contributed by atoms with Crippen molar-refractivity contribution in [3.8, 4) is 11.3 Å². The van der Waals surface area contributed by atoms with Gasteiger partial charge in [-0.2, -0.15) is 10.1 Å². The summed E-state index contributed by atoms with van der Waals surface area (Å²) in [5.74, 6) is 0.201. The minimum absolute atomic E-state index is 0.136. The van der Waals surface area contributed by atoms with Crippen molar-refractivity contribution in [3.05, 3.63) is 53.6 Å². The third-order valence-electron chi connectivity index (χ3n) is 3.22. The number of carbonyl (C=O) groups excluding carboxylic acids is 1. The minimum atomic E-state index is -0.322. The molecule has 0 fully saturated rings. The van der Waals surface area contributed by atoms with Gasteiger partial charge in [0.15, 0.2) is 5.82 Å². The van der Waals surface area contributed by atoms with E-state index in [0.717, 1.165) is 5.56 Å². The fraction of sp³-hybridized carbons (Fsp3) is 0.200. The molecule has 7 nitrogen and oxygen atoms in total. The maximum atomic E-state index is 13.0. The van der Waals surface area contributed by atoms with Gasteiger partial charge in [0.1, 0.15) is 11.5 Å². The molecule has 23 heavy (non-hydrogen) atoms.